The SMILES string of the molecule is C[N+](C)(C)c1cccc(Oc2cc3c(cc2Oc2cccc([N+](C)(C)C)c2)-c2nc-3nc3[n-]c(nc4nc(nc5[n-]c(n2)c2cc(Oc6cccc([N+](C)(C)C)c6)c(Oc6cccc([N+](C)(C)C)c6)cc52)-c2cc(Oc5cccc([N+](C)(C)C)c5)c(Oc5cccc([N+](C)(C)C)c5)cc2-4)c2cc(Oc4cccc([N+](C)(C)C)c4)c(Oc4cccc([N+](C)(C)C)c4)cc32)c1.[Zn+2]. The van der Waals surface area contributed by atoms with Crippen molar-refractivity contribution in [3.05, 3.63) is 243 Å². The number of aromatic nitrogens is 8. The molecule has 0 saturated heterocycles. The van der Waals surface area contributed by atoms with Crippen LogP contribution in [0.1, 0.15) is 0 Å². The van der Waals surface area contributed by atoms with Gasteiger partial charge in [-0.05, 0) is 167 Å². The summed E-state index contributed by atoms with van der Waals surface area (Å²) in [6.45, 7) is 0. The Kier molecular flexibility index (Phi) is 23.1. The fourth-order valence-electron chi connectivity index (χ4n) is 15.1. The van der Waals surface area contributed by atoms with Gasteiger partial charge in [-0.15, -0.1) is 0 Å². The van der Waals surface area contributed by atoms with Crippen LogP contribution in [0, 0.1) is 0 Å². The molecule has 0 N–H and O–H groups in total. The Bertz CT molecular complexity index is 6260. The first-order valence-electron chi connectivity index (χ1n) is 42.6. The minimum Gasteiger partial charge on any atom is -0.453 e. The van der Waals surface area contributed by atoms with Crippen LogP contribution in [-0.4, -0.2) is 199 Å². The average molecular weight is 1780 g/mol. The van der Waals surface area contributed by atoms with Crippen molar-refractivity contribution in [2.75, 3.05) is 169 Å². The second-order valence-electron chi connectivity index (χ2n) is 39.8. The zero-order valence-electron chi connectivity index (χ0n) is 78.2. The molecule has 0 atom stereocenters. The van der Waals surface area contributed by atoms with Gasteiger partial charge in [-0.25, -0.2) is 9.97 Å². The van der Waals surface area contributed by atoms with Gasteiger partial charge in [0.25, 0.3) is 0 Å². The van der Waals surface area contributed by atoms with Crippen molar-refractivity contribution in [1.29, 1.82) is 0 Å². The fraction of sp³-hybridized carbons (Fsp3) is 0.231. The van der Waals surface area contributed by atoms with Gasteiger partial charge in [-0.1, -0.05) is 48.5 Å². The molecule has 0 spiro atoms. The van der Waals surface area contributed by atoms with Gasteiger partial charge in [0, 0.05) is 93.4 Å². The van der Waals surface area contributed by atoms with Crippen LogP contribution in [0.4, 0.5) is 45.5 Å². The summed E-state index contributed by atoms with van der Waals surface area (Å²) in [7, 11) is 50.8. The Morgan fingerprint density at radius 1 is 0.178 bits per heavy atom. The van der Waals surface area contributed by atoms with E-state index in [1.807, 2.05) is 194 Å². The molecule has 0 saturated carbocycles. The number of nitrogens with zero attached hydrogens (tertiary/aromatic N) is 16. The summed E-state index contributed by atoms with van der Waals surface area (Å²) in [5.41, 5.74) is 11.1. The van der Waals surface area contributed by atoms with Crippen LogP contribution in [-0.2, 0) is 19.5 Å². The Hall–Kier alpha value is -13.3. The predicted molar refractivity (Wildman–Crippen MR) is 523 cm³/mol. The van der Waals surface area contributed by atoms with E-state index in [0.717, 1.165) is 45.5 Å². The van der Waals surface area contributed by atoms with E-state index in [-0.39, 0.29) is 65.4 Å². The van der Waals surface area contributed by atoms with Crippen molar-refractivity contribution in [3.63, 3.8) is 0 Å². The number of fused-ring (bicyclic) bond motifs is 20. The number of ether oxygens (including phenoxy) is 8. The molecule has 3 aromatic heterocycles. The standard InChI is InChI=1S/C104H112N16O8.Zn/c1-113(2,3)65-33-25-41-73(49-65)121-89-57-81-82(58-90(89)122-74-42-26-34-66(50-74)114(4,5)6)98-105-97(81)109-99-83-59-91(123-75-43-27-35-67(51-75)115(7,8)9)92(124-76-44-28-36-68(52-76)116(10,11)12)60-84(83)101(106-99)111-103-87-63-95(127-79-47-31-39-71(55-79)119(19,20)21)96(128-80-48-32-40-72(56-80)120(22,23)24)64-88(87)104(108-103)112-102-86-62-94(126-78-46-30-38-70(54-78)118(16,17)18)93(61-85(86)100(107-102)110-98)125-77-45-29-37-69(53-77)117(13,14)15;/h25-64H,1-24H3;/q+6;+2. The Labute approximate surface area is 767 Å². The molecule has 0 fully saturated rings. The van der Waals surface area contributed by atoms with Gasteiger partial charge in [-0.3, -0.25) is 35.9 Å². The summed E-state index contributed by atoms with van der Waals surface area (Å²) < 4.78 is 61.7. The molecule has 2 aliphatic rings. The van der Waals surface area contributed by atoms with Crippen LogP contribution in [0.2, 0.25) is 0 Å². The topological polar surface area (TPSA) is 179 Å². The molecular formula is C104H112N16O8Zn+8. The van der Waals surface area contributed by atoms with Crippen LogP contribution in [0.15, 0.2) is 243 Å². The smallest absolute Gasteiger partial charge is 0.453 e. The molecule has 25 heteroatoms. The van der Waals surface area contributed by atoms with Gasteiger partial charge < -0.3 is 67.8 Å². The number of hydrogen-bond donors (Lipinski definition) is 0. The van der Waals surface area contributed by atoms with Crippen LogP contribution >= 0.6 is 0 Å². The summed E-state index contributed by atoms with van der Waals surface area (Å²) in [5.74, 6) is 8.33. The average Bonchev–Trinajstić information content (AvgIpc) is 1.59. The van der Waals surface area contributed by atoms with Crippen molar-refractivity contribution >= 4 is 89.6 Å². The molecule has 0 aliphatic carbocycles. The molecule has 0 amide bonds. The second-order valence-corrected chi connectivity index (χ2v) is 39.8. The van der Waals surface area contributed by atoms with E-state index in [1.165, 1.54) is 0 Å². The Morgan fingerprint density at radius 2 is 0.318 bits per heavy atom. The first-order valence-corrected chi connectivity index (χ1v) is 42.6. The minimum atomic E-state index is 0. The number of hydrogen-bond acceptors (Lipinski definition) is 14. The van der Waals surface area contributed by atoms with Gasteiger partial charge in [0.1, 0.15) is 91.5 Å². The van der Waals surface area contributed by atoms with E-state index in [9.17, 15) is 0 Å². The molecule has 0 radical (unpaired) electrons. The maximum Gasteiger partial charge on any atom is 2.00 e. The third kappa shape index (κ3) is 19.3. The van der Waals surface area contributed by atoms with E-state index < -0.39 is 0 Å². The summed E-state index contributed by atoms with van der Waals surface area (Å²) in [4.78, 5) is 45.0. The molecule has 12 aromatic carbocycles. The Morgan fingerprint density at radius 3 is 0.457 bits per heavy atom. The minimum absolute atomic E-state index is 0. The maximum absolute atomic E-state index is 7.18. The molecule has 5 heterocycles. The van der Waals surface area contributed by atoms with E-state index in [2.05, 4.69) is 218 Å². The normalized spacial score (nSPS) is 12.6. The Balaban J connectivity index is 0.0000122. The van der Waals surface area contributed by atoms with E-state index in [0.29, 0.717) is 172 Å². The summed E-state index contributed by atoms with van der Waals surface area (Å²) in [6, 6.07) is 79.7. The molecule has 17 rings (SSSR count). The third-order valence-electron chi connectivity index (χ3n) is 22.5. The molecule has 2 aliphatic heterocycles. The fourth-order valence-corrected chi connectivity index (χ4v) is 15.1. The monoisotopic (exact) mass is 1780 g/mol. The number of rotatable bonds is 24. The zero-order valence-corrected chi connectivity index (χ0v) is 81.2. The van der Waals surface area contributed by atoms with Crippen LogP contribution in [0.3, 0.4) is 0 Å². The predicted octanol–water partition coefficient (Wildman–Crippen LogP) is 22.0. The molecule has 650 valence electrons. The third-order valence-corrected chi connectivity index (χ3v) is 22.5. The number of benzene rings is 12. The molecular weight excluding hydrogens is 1670 g/mol. The van der Waals surface area contributed by atoms with E-state index in [1.54, 1.807) is 0 Å². The first-order chi connectivity index (χ1) is 60.3. The van der Waals surface area contributed by atoms with E-state index >= 15 is 0 Å². The first kappa shape index (κ1) is 89.1. The molecule has 8 bridgehead atoms. The molecule has 15 aromatic rings. The van der Waals surface area contributed by atoms with Gasteiger partial charge >= 0.3 is 19.5 Å². The van der Waals surface area contributed by atoms with Crippen LogP contribution < -0.4 is 83.7 Å². The van der Waals surface area contributed by atoms with Crippen LogP contribution in [0.25, 0.3) is 89.7 Å². The van der Waals surface area contributed by atoms with Crippen molar-refractivity contribution in [2.45, 2.75) is 0 Å². The van der Waals surface area contributed by atoms with Crippen molar-refractivity contribution in [3.8, 4) is 138 Å². The van der Waals surface area contributed by atoms with E-state index in [4.69, 9.17) is 77.8 Å². The number of quaternary nitrogens is 8. The second kappa shape index (κ2) is 33.4. The largest absolute Gasteiger partial charge is 2.00 e. The molecule has 24 nitrogen and oxygen atoms in total. The van der Waals surface area contributed by atoms with Gasteiger partial charge in [-0.2, -0.15) is 0 Å². The van der Waals surface area contributed by atoms with Crippen molar-refractivity contribution in [1.82, 2.24) is 75.7 Å². The van der Waals surface area contributed by atoms with Gasteiger partial charge in [0.15, 0.2) is 46.0 Å². The summed E-state index contributed by atoms with van der Waals surface area (Å²) >= 11 is 0. The van der Waals surface area contributed by atoms with Crippen LogP contribution in [0.5, 0.6) is 92.0 Å². The molecule has 129 heavy (non-hydrogen) atoms. The zero-order chi connectivity index (χ0) is 90.7. The van der Waals surface area contributed by atoms with Gasteiger partial charge in [0.05, 0.1) is 192 Å². The summed E-state index contributed by atoms with van der Waals surface area (Å²) in [6.07, 6.45) is 0. The maximum atomic E-state index is 7.18. The van der Waals surface area contributed by atoms with Crippen molar-refractivity contribution in [2.24, 2.45) is 0 Å². The molecule has 0 unspecified atom stereocenters. The van der Waals surface area contributed by atoms with Gasteiger partial charge in [0.2, 0.25) is 0 Å². The quantitative estimate of drug-likeness (QED) is 0.0411. The summed E-state index contributed by atoms with van der Waals surface area (Å²) in [5, 5.41) is 2.12. The van der Waals surface area contributed by atoms with Crippen molar-refractivity contribution < 1.29 is 57.4 Å².